The topological polar surface area (TPSA) is 59.1 Å². The number of anilines is 3. The number of hydrogen-bond acceptors (Lipinski definition) is 5. The van der Waals surface area contributed by atoms with Crippen molar-refractivity contribution in [2.24, 2.45) is 0 Å². The minimum atomic E-state index is 0.230. The highest BCUT2D eigenvalue weighted by Crippen LogP contribution is 2.32. The molecule has 1 aliphatic rings. The van der Waals surface area contributed by atoms with Gasteiger partial charge in [0, 0.05) is 24.9 Å². The molecule has 0 saturated carbocycles. The quantitative estimate of drug-likeness (QED) is 0.833. The van der Waals surface area contributed by atoms with Gasteiger partial charge in [-0.2, -0.15) is 4.98 Å². The fourth-order valence-corrected chi connectivity index (χ4v) is 2.96. The zero-order chi connectivity index (χ0) is 16.2. The number of nitrogens with one attached hydrogen (secondary N) is 2. The van der Waals surface area contributed by atoms with Crippen molar-refractivity contribution < 1.29 is 4.74 Å². The maximum absolute atomic E-state index is 6.18. The summed E-state index contributed by atoms with van der Waals surface area (Å²) in [7, 11) is 0. The van der Waals surface area contributed by atoms with Crippen LogP contribution in [0.3, 0.4) is 0 Å². The summed E-state index contributed by atoms with van der Waals surface area (Å²) in [6, 6.07) is 7.20. The van der Waals surface area contributed by atoms with Gasteiger partial charge in [-0.3, -0.25) is 0 Å². The number of para-hydroxylation sites is 1. The van der Waals surface area contributed by atoms with E-state index in [-0.39, 0.29) is 6.10 Å². The molecule has 2 aromatic rings. The van der Waals surface area contributed by atoms with Crippen molar-refractivity contribution in [3.63, 3.8) is 0 Å². The van der Waals surface area contributed by atoms with Crippen LogP contribution >= 0.6 is 23.2 Å². The molecule has 2 heterocycles. The summed E-state index contributed by atoms with van der Waals surface area (Å²) in [5, 5.41) is 7.48. The summed E-state index contributed by atoms with van der Waals surface area (Å²) in [6.07, 6.45) is 2.41. The third-order valence-corrected chi connectivity index (χ3v) is 4.21. The summed E-state index contributed by atoms with van der Waals surface area (Å²) >= 11 is 12.4. The molecule has 2 N–H and O–H groups in total. The maximum atomic E-state index is 6.18. The Morgan fingerprint density at radius 2 is 2.04 bits per heavy atom. The van der Waals surface area contributed by atoms with Crippen LogP contribution in [0.25, 0.3) is 0 Å². The number of benzene rings is 1. The molecule has 1 aromatic carbocycles. The summed E-state index contributed by atoms with van der Waals surface area (Å²) in [4.78, 5) is 8.86. The molecule has 0 amide bonds. The van der Waals surface area contributed by atoms with Crippen LogP contribution < -0.4 is 10.6 Å². The van der Waals surface area contributed by atoms with Crippen molar-refractivity contribution in [3.05, 3.63) is 40.0 Å². The van der Waals surface area contributed by atoms with Crippen molar-refractivity contribution in [1.29, 1.82) is 0 Å². The second-order valence-corrected chi connectivity index (χ2v) is 6.27. The van der Waals surface area contributed by atoms with E-state index < -0.39 is 0 Å². The predicted octanol–water partition coefficient (Wildman–Crippen LogP) is 4.43. The third kappa shape index (κ3) is 4.25. The van der Waals surface area contributed by atoms with E-state index in [9.17, 15) is 0 Å². The molecular formula is C16H18Cl2N4O. The van der Waals surface area contributed by atoms with E-state index in [0.29, 0.717) is 34.0 Å². The van der Waals surface area contributed by atoms with Crippen molar-refractivity contribution in [2.45, 2.75) is 25.9 Å². The second kappa shape index (κ2) is 7.34. The van der Waals surface area contributed by atoms with E-state index in [1.807, 2.05) is 13.0 Å². The van der Waals surface area contributed by atoms with Crippen molar-refractivity contribution in [3.8, 4) is 0 Å². The minimum Gasteiger partial charge on any atom is -0.376 e. The fraction of sp³-hybridized carbons (Fsp3) is 0.375. The Balaban J connectivity index is 1.74. The summed E-state index contributed by atoms with van der Waals surface area (Å²) in [6.45, 7) is 3.45. The minimum absolute atomic E-state index is 0.230. The first-order chi connectivity index (χ1) is 11.1. The lowest BCUT2D eigenvalue weighted by atomic mass is 10.2. The van der Waals surface area contributed by atoms with Gasteiger partial charge in [0.2, 0.25) is 5.95 Å². The van der Waals surface area contributed by atoms with E-state index in [2.05, 4.69) is 20.6 Å². The van der Waals surface area contributed by atoms with Gasteiger partial charge in [-0.25, -0.2) is 4.98 Å². The Bertz CT molecular complexity index is 670. The van der Waals surface area contributed by atoms with E-state index in [1.54, 1.807) is 18.2 Å². The number of aromatic nitrogens is 2. The molecule has 0 aliphatic carbocycles. The van der Waals surface area contributed by atoms with Crippen LogP contribution in [-0.2, 0) is 4.74 Å². The normalized spacial score (nSPS) is 17.3. The molecule has 5 nitrogen and oxygen atoms in total. The average molecular weight is 353 g/mol. The number of nitrogens with zero attached hydrogens (tertiary/aromatic N) is 2. The van der Waals surface area contributed by atoms with Crippen LogP contribution in [0.5, 0.6) is 0 Å². The molecule has 0 spiro atoms. The molecule has 1 fully saturated rings. The SMILES string of the molecule is Cc1cc(Nc2c(Cl)cccc2Cl)nc(NCC2CCCO2)n1. The first kappa shape index (κ1) is 16.3. The van der Waals surface area contributed by atoms with Gasteiger partial charge in [0.1, 0.15) is 5.82 Å². The maximum Gasteiger partial charge on any atom is 0.224 e. The smallest absolute Gasteiger partial charge is 0.224 e. The Morgan fingerprint density at radius 3 is 2.74 bits per heavy atom. The third-order valence-electron chi connectivity index (χ3n) is 3.58. The van der Waals surface area contributed by atoms with Crippen molar-refractivity contribution in [1.82, 2.24) is 9.97 Å². The van der Waals surface area contributed by atoms with Crippen LogP contribution in [0.15, 0.2) is 24.3 Å². The highest BCUT2D eigenvalue weighted by atomic mass is 35.5. The Kier molecular flexibility index (Phi) is 5.20. The lowest BCUT2D eigenvalue weighted by Gasteiger charge is -2.13. The van der Waals surface area contributed by atoms with Crippen LogP contribution in [-0.4, -0.2) is 29.2 Å². The second-order valence-electron chi connectivity index (χ2n) is 5.46. The molecule has 0 radical (unpaired) electrons. The molecule has 122 valence electrons. The molecule has 0 bridgehead atoms. The van der Waals surface area contributed by atoms with Gasteiger partial charge < -0.3 is 15.4 Å². The molecule has 1 unspecified atom stereocenters. The number of ether oxygens (including phenoxy) is 1. The summed E-state index contributed by atoms with van der Waals surface area (Å²) in [5.74, 6) is 1.20. The number of halogens is 2. The molecule has 1 atom stereocenters. The van der Waals surface area contributed by atoms with E-state index in [4.69, 9.17) is 27.9 Å². The van der Waals surface area contributed by atoms with Gasteiger partial charge in [0.25, 0.3) is 0 Å². The molecular weight excluding hydrogens is 335 g/mol. The largest absolute Gasteiger partial charge is 0.376 e. The van der Waals surface area contributed by atoms with Gasteiger partial charge in [0.05, 0.1) is 21.8 Å². The van der Waals surface area contributed by atoms with Crippen molar-refractivity contribution in [2.75, 3.05) is 23.8 Å². The van der Waals surface area contributed by atoms with Crippen molar-refractivity contribution >= 4 is 40.7 Å². The molecule has 7 heteroatoms. The first-order valence-electron chi connectivity index (χ1n) is 7.54. The Hall–Kier alpha value is -1.56. The number of rotatable bonds is 5. The Labute approximate surface area is 145 Å². The Morgan fingerprint density at radius 1 is 1.26 bits per heavy atom. The number of aryl methyl sites for hydroxylation is 1. The summed E-state index contributed by atoms with van der Waals surface area (Å²) in [5.41, 5.74) is 1.49. The highest BCUT2D eigenvalue weighted by molar-refractivity contribution is 6.39. The van der Waals surface area contributed by atoms with Gasteiger partial charge in [-0.15, -0.1) is 0 Å². The zero-order valence-electron chi connectivity index (χ0n) is 12.8. The molecule has 3 rings (SSSR count). The highest BCUT2D eigenvalue weighted by Gasteiger charge is 2.15. The monoisotopic (exact) mass is 352 g/mol. The molecule has 1 saturated heterocycles. The zero-order valence-corrected chi connectivity index (χ0v) is 14.3. The average Bonchev–Trinajstić information content (AvgIpc) is 3.02. The van der Waals surface area contributed by atoms with E-state index >= 15 is 0 Å². The van der Waals surface area contributed by atoms with Crippen LogP contribution in [0.2, 0.25) is 10.0 Å². The molecule has 1 aliphatic heterocycles. The predicted molar refractivity (Wildman–Crippen MR) is 94.0 cm³/mol. The van der Waals surface area contributed by atoms with Gasteiger partial charge >= 0.3 is 0 Å². The van der Waals surface area contributed by atoms with Gasteiger partial charge in [-0.1, -0.05) is 29.3 Å². The molecule has 1 aromatic heterocycles. The lowest BCUT2D eigenvalue weighted by molar-refractivity contribution is 0.120. The van der Waals surface area contributed by atoms with Crippen LogP contribution in [0.1, 0.15) is 18.5 Å². The fourth-order valence-electron chi connectivity index (χ4n) is 2.47. The van der Waals surface area contributed by atoms with Crippen LogP contribution in [0, 0.1) is 6.92 Å². The summed E-state index contributed by atoms with van der Waals surface area (Å²) < 4.78 is 5.59. The lowest BCUT2D eigenvalue weighted by Crippen LogP contribution is -2.20. The van der Waals surface area contributed by atoms with Crippen LogP contribution in [0.4, 0.5) is 17.5 Å². The first-order valence-corrected chi connectivity index (χ1v) is 8.29. The molecule has 23 heavy (non-hydrogen) atoms. The number of hydrogen-bond donors (Lipinski definition) is 2. The van der Waals surface area contributed by atoms with Gasteiger partial charge in [0.15, 0.2) is 0 Å². The van der Waals surface area contributed by atoms with Gasteiger partial charge in [-0.05, 0) is 31.9 Å². The van der Waals surface area contributed by atoms with E-state index in [0.717, 1.165) is 25.1 Å². The standard InChI is InChI=1S/C16H18Cl2N4O/c1-10-8-14(21-15-12(17)5-2-6-13(15)18)22-16(20-10)19-9-11-4-3-7-23-11/h2,5-6,8,11H,3-4,7,9H2,1H3,(H2,19,20,21,22). The van der Waals surface area contributed by atoms with E-state index in [1.165, 1.54) is 0 Å².